The summed E-state index contributed by atoms with van der Waals surface area (Å²) < 4.78 is 1.65. The molecule has 1 fully saturated rings. The molecule has 33 heavy (non-hydrogen) atoms. The summed E-state index contributed by atoms with van der Waals surface area (Å²) in [5, 5.41) is 26.9. The van der Waals surface area contributed by atoms with E-state index in [1.165, 1.54) is 17.4 Å². The number of fused-ring (bicyclic) bond motifs is 1. The molecule has 0 bridgehead atoms. The molecule has 4 aromatic rings. The number of carbonyl (C=O) groups is 1. The Hall–Kier alpha value is -3.73. The normalized spacial score (nSPS) is 14.7. The predicted octanol–water partition coefficient (Wildman–Crippen LogP) is 3.79. The largest absolute Gasteiger partial charge is 0.337 e. The molecule has 1 saturated heterocycles. The maximum atomic E-state index is 13.1. The van der Waals surface area contributed by atoms with Gasteiger partial charge in [0, 0.05) is 36.5 Å². The minimum Gasteiger partial charge on any atom is -0.337 e. The fraction of sp³-hybridized carbons (Fsp3) is 0.318. The molecule has 1 amide bonds. The van der Waals surface area contributed by atoms with E-state index in [4.69, 9.17) is 4.98 Å². The van der Waals surface area contributed by atoms with E-state index in [1.807, 2.05) is 25.3 Å². The van der Waals surface area contributed by atoms with Crippen molar-refractivity contribution >= 4 is 28.6 Å². The molecule has 0 unspecified atom stereocenters. The summed E-state index contributed by atoms with van der Waals surface area (Å²) in [6.07, 6.45) is 1.54. The molecule has 5 rings (SSSR count). The van der Waals surface area contributed by atoms with Gasteiger partial charge in [-0.3, -0.25) is 14.9 Å². The van der Waals surface area contributed by atoms with Crippen molar-refractivity contribution in [3.63, 3.8) is 0 Å². The topological polar surface area (TPSA) is 119 Å². The third-order valence-corrected chi connectivity index (χ3v) is 6.97. The van der Waals surface area contributed by atoms with Gasteiger partial charge in [0.15, 0.2) is 11.3 Å². The van der Waals surface area contributed by atoms with Crippen LogP contribution in [0.25, 0.3) is 16.9 Å². The van der Waals surface area contributed by atoms with Gasteiger partial charge in [0.2, 0.25) is 0 Å². The maximum absolute atomic E-state index is 13.1. The van der Waals surface area contributed by atoms with Crippen LogP contribution in [0.5, 0.6) is 0 Å². The number of hydrogen-bond donors (Lipinski definition) is 0. The van der Waals surface area contributed by atoms with Crippen LogP contribution >= 0.6 is 11.3 Å². The Morgan fingerprint density at radius 2 is 1.94 bits per heavy atom. The lowest BCUT2D eigenvalue weighted by Crippen LogP contribution is -2.39. The van der Waals surface area contributed by atoms with Gasteiger partial charge in [0.1, 0.15) is 0 Å². The lowest BCUT2D eigenvalue weighted by Gasteiger charge is -2.31. The Morgan fingerprint density at radius 3 is 2.70 bits per heavy atom. The Labute approximate surface area is 193 Å². The van der Waals surface area contributed by atoms with E-state index in [0.717, 1.165) is 23.5 Å². The van der Waals surface area contributed by atoms with Gasteiger partial charge in [-0.2, -0.15) is 5.10 Å². The van der Waals surface area contributed by atoms with E-state index in [1.54, 1.807) is 27.6 Å². The Balaban J connectivity index is 1.30. The van der Waals surface area contributed by atoms with Gasteiger partial charge in [-0.25, -0.2) is 9.50 Å². The van der Waals surface area contributed by atoms with Crippen LogP contribution in [0.2, 0.25) is 0 Å². The zero-order chi connectivity index (χ0) is 23.1. The maximum Gasteiger partial charge on any atom is 0.278 e. The van der Waals surface area contributed by atoms with Crippen molar-refractivity contribution in [3.8, 4) is 11.3 Å². The molecule has 10 nitrogen and oxygen atoms in total. The van der Waals surface area contributed by atoms with E-state index < -0.39 is 0 Å². The second-order valence-corrected chi connectivity index (χ2v) is 8.99. The summed E-state index contributed by atoms with van der Waals surface area (Å²) in [7, 11) is 0. The number of amides is 1. The van der Waals surface area contributed by atoms with Crippen molar-refractivity contribution in [1.29, 1.82) is 0 Å². The number of nitro groups is 1. The predicted molar refractivity (Wildman–Crippen MR) is 122 cm³/mol. The van der Waals surface area contributed by atoms with Crippen LogP contribution in [0.1, 0.15) is 45.6 Å². The number of likely N-dealkylation sites (tertiary alicyclic amines) is 1. The molecule has 0 aliphatic carbocycles. The number of carbonyl (C=O) groups excluding carboxylic acids is 1. The molecular weight excluding hydrogens is 442 g/mol. The second kappa shape index (κ2) is 8.32. The molecule has 168 valence electrons. The van der Waals surface area contributed by atoms with Gasteiger partial charge in [-0.15, -0.1) is 21.5 Å². The number of para-hydroxylation sites is 1. The minimum absolute atomic E-state index is 0.0515. The van der Waals surface area contributed by atoms with Gasteiger partial charge in [0.25, 0.3) is 11.6 Å². The van der Waals surface area contributed by atoms with Crippen LogP contribution in [0, 0.1) is 24.0 Å². The Kier molecular flexibility index (Phi) is 5.33. The fourth-order valence-electron chi connectivity index (χ4n) is 4.20. The van der Waals surface area contributed by atoms with Crippen LogP contribution in [-0.2, 0) is 0 Å². The average molecular weight is 464 g/mol. The highest BCUT2D eigenvalue weighted by atomic mass is 32.1. The van der Waals surface area contributed by atoms with E-state index in [9.17, 15) is 14.9 Å². The molecule has 1 aromatic carbocycles. The van der Waals surface area contributed by atoms with E-state index in [2.05, 4.69) is 15.3 Å². The first-order valence-electron chi connectivity index (χ1n) is 10.6. The van der Waals surface area contributed by atoms with Crippen LogP contribution in [0.4, 0.5) is 5.69 Å². The summed E-state index contributed by atoms with van der Waals surface area (Å²) in [5.74, 6) is 0.0623. The number of benzene rings is 1. The smallest absolute Gasteiger partial charge is 0.278 e. The first kappa shape index (κ1) is 21.1. The van der Waals surface area contributed by atoms with Gasteiger partial charge >= 0.3 is 0 Å². The fourth-order valence-corrected chi connectivity index (χ4v) is 5.19. The highest BCUT2D eigenvalue weighted by molar-refractivity contribution is 7.10. The number of hydrogen-bond acceptors (Lipinski definition) is 8. The third-order valence-electron chi connectivity index (χ3n) is 5.96. The molecule has 0 spiro atoms. The Morgan fingerprint density at radius 1 is 1.18 bits per heavy atom. The Bertz CT molecular complexity index is 1370. The molecule has 4 heterocycles. The molecule has 1 aliphatic heterocycles. The van der Waals surface area contributed by atoms with Crippen molar-refractivity contribution in [2.24, 2.45) is 0 Å². The average Bonchev–Trinajstić information content (AvgIpc) is 3.46. The minimum atomic E-state index is -0.384. The molecule has 0 atom stereocenters. The lowest BCUT2D eigenvalue weighted by atomic mass is 9.97. The van der Waals surface area contributed by atoms with Crippen molar-refractivity contribution in [2.45, 2.75) is 32.6 Å². The molecule has 0 saturated carbocycles. The van der Waals surface area contributed by atoms with Crippen LogP contribution in [0.15, 0.2) is 35.7 Å². The third kappa shape index (κ3) is 3.84. The zero-order valence-corrected chi connectivity index (χ0v) is 18.9. The molecule has 1 aliphatic rings. The molecule has 0 N–H and O–H groups in total. The number of aromatic nitrogens is 5. The number of thiazole rings is 1. The van der Waals surface area contributed by atoms with Crippen LogP contribution < -0.4 is 0 Å². The number of nitro benzene ring substituents is 1. The first-order valence-corrected chi connectivity index (χ1v) is 11.5. The van der Waals surface area contributed by atoms with Crippen molar-refractivity contribution in [2.75, 3.05) is 13.1 Å². The van der Waals surface area contributed by atoms with Gasteiger partial charge in [-0.05, 0) is 32.8 Å². The molecule has 0 radical (unpaired) electrons. The van der Waals surface area contributed by atoms with Crippen LogP contribution in [-0.4, -0.2) is 53.6 Å². The standard InChI is InChI=1S/C22H21N7O3S/c1-13-11-19-24-25-20(14(2)28(19)26-13)22(30)27-9-7-15(8-10-27)21-23-17(12-33-21)16-5-3-4-6-18(16)29(31)32/h3-6,11-12,15H,7-10H2,1-2H3. The highest BCUT2D eigenvalue weighted by Gasteiger charge is 2.29. The van der Waals surface area contributed by atoms with E-state index in [-0.39, 0.29) is 22.4 Å². The zero-order valence-electron chi connectivity index (χ0n) is 18.1. The van der Waals surface area contributed by atoms with Crippen molar-refractivity contribution < 1.29 is 9.72 Å². The summed E-state index contributed by atoms with van der Waals surface area (Å²) in [6.45, 7) is 4.87. The summed E-state index contributed by atoms with van der Waals surface area (Å²) in [6, 6.07) is 8.47. The number of piperidine rings is 1. The molecular formula is C22H21N7O3S. The highest BCUT2D eigenvalue weighted by Crippen LogP contribution is 2.35. The lowest BCUT2D eigenvalue weighted by molar-refractivity contribution is -0.384. The monoisotopic (exact) mass is 463 g/mol. The summed E-state index contributed by atoms with van der Waals surface area (Å²) >= 11 is 1.51. The number of aryl methyl sites for hydroxylation is 2. The molecule has 11 heteroatoms. The van der Waals surface area contributed by atoms with Crippen molar-refractivity contribution in [3.05, 3.63) is 67.9 Å². The van der Waals surface area contributed by atoms with Crippen LogP contribution in [0.3, 0.4) is 0 Å². The van der Waals surface area contributed by atoms with E-state index in [0.29, 0.717) is 41.4 Å². The van der Waals surface area contributed by atoms with Gasteiger partial charge < -0.3 is 4.90 Å². The van der Waals surface area contributed by atoms with Gasteiger partial charge in [0.05, 0.1) is 32.6 Å². The summed E-state index contributed by atoms with van der Waals surface area (Å²) in [5.41, 5.74) is 3.63. The van der Waals surface area contributed by atoms with Crippen molar-refractivity contribution in [1.82, 2.24) is 29.7 Å². The van der Waals surface area contributed by atoms with E-state index >= 15 is 0 Å². The first-order chi connectivity index (χ1) is 15.9. The van der Waals surface area contributed by atoms with Gasteiger partial charge in [-0.1, -0.05) is 12.1 Å². The number of rotatable bonds is 4. The SMILES string of the molecule is Cc1cc2nnc(C(=O)N3CCC(c4nc(-c5ccccc5[N+](=O)[O-])cs4)CC3)c(C)n2n1. The second-order valence-electron chi connectivity index (χ2n) is 8.10. The quantitative estimate of drug-likeness (QED) is 0.333. The number of nitrogens with zero attached hydrogens (tertiary/aromatic N) is 7. The molecule has 3 aromatic heterocycles. The summed E-state index contributed by atoms with van der Waals surface area (Å²) in [4.78, 5) is 30.6.